The Labute approximate surface area is 189 Å². The van der Waals surface area contributed by atoms with E-state index in [0.717, 1.165) is 36.0 Å². The lowest BCUT2D eigenvalue weighted by Crippen LogP contribution is -2.61. The minimum atomic E-state index is -1.23. The summed E-state index contributed by atoms with van der Waals surface area (Å²) in [5.41, 5.74) is 1.42. The van der Waals surface area contributed by atoms with E-state index in [1.807, 2.05) is 42.5 Å². The second-order valence-electron chi connectivity index (χ2n) is 8.72. The number of methoxy groups -OCH3 is 2. The number of amides is 1. The second-order valence-corrected chi connectivity index (χ2v) is 8.72. The molecule has 6 nitrogen and oxygen atoms in total. The molecule has 2 aliphatic rings. The predicted octanol–water partition coefficient (Wildman–Crippen LogP) is 3.94. The van der Waals surface area contributed by atoms with E-state index in [9.17, 15) is 9.59 Å². The zero-order valence-corrected chi connectivity index (χ0v) is 19.0. The summed E-state index contributed by atoms with van der Waals surface area (Å²) < 4.78 is 16.4. The Bertz CT molecular complexity index is 1000. The normalized spacial score (nSPS) is 24.4. The largest absolute Gasteiger partial charge is 0.493 e. The molecule has 170 valence electrons. The third-order valence-electron chi connectivity index (χ3n) is 6.96. The van der Waals surface area contributed by atoms with E-state index >= 15 is 0 Å². The summed E-state index contributed by atoms with van der Waals surface area (Å²) in [6.07, 6.45) is 4.11. The molecular weight excluding hydrogens is 406 g/mol. The van der Waals surface area contributed by atoms with Crippen molar-refractivity contribution < 1.29 is 23.8 Å². The number of fused-ring (bicyclic) bond motifs is 2. The molecule has 0 radical (unpaired) electrons. The van der Waals surface area contributed by atoms with Crippen molar-refractivity contribution in [3.63, 3.8) is 0 Å². The molecule has 1 heterocycles. The van der Waals surface area contributed by atoms with Gasteiger partial charge in [-0.05, 0) is 74.3 Å². The highest BCUT2D eigenvalue weighted by Gasteiger charge is 2.55. The molecule has 2 aromatic carbocycles. The third-order valence-corrected chi connectivity index (χ3v) is 6.96. The Balaban J connectivity index is 1.71. The lowest BCUT2D eigenvalue weighted by atomic mass is 9.65. The van der Waals surface area contributed by atoms with Gasteiger partial charge in [-0.1, -0.05) is 30.3 Å². The fraction of sp³-hybridized carbons (Fsp3) is 0.462. The van der Waals surface area contributed by atoms with Gasteiger partial charge in [-0.25, -0.2) is 0 Å². The molecule has 1 spiro atoms. The van der Waals surface area contributed by atoms with Gasteiger partial charge in [0, 0.05) is 0 Å². The quantitative estimate of drug-likeness (QED) is 0.547. The third kappa shape index (κ3) is 3.72. The van der Waals surface area contributed by atoms with E-state index in [0.29, 0.717) is 30.8 Å². The van der Waals surface area contributed by atoms with Crippen LogP contribution in [0.3, 0.4) is 0 Å². The zero-order chi connectivity index (χ0) is 22.8. The van der Waals surface area contributed by atoms with Crippen LogP contribution in [0.4, 0.5) is 0 Å². The van der Waals surface area contributed by atoms with E-state index in [2.05, 4.69) is 5.32 Å². The zero-order valence-electron chi connectivity index (χ0n) is 19.0. The Morgan fingerprint density at radius 2 is 1.75 bits per heavy atom. The predicted molar refractivity (Wildman–Crippen MR) is 121 cm³/mol. The fourth-order valence-corrected chi connectivity index (χ4v) is 5.27. The number of esters is 1. The number of hydrogen-bond donors (Lipinski definition) is 1. The van der Waals surface area contributed by atoms with Crippen LogP contribution in [0.2, 0.25) is 0 Å². The summed E-state index contributed by atoms with van der Waals surface area (Å²) in [6.45, 7) is 2.01. The van der Waals surface area contributed by atoms with Gasteiger partial charge < -0.3 is 19.5 Å². The average Bonchev–Trinajstić information content (AvgIpc) is 2.81. The summed E-state index contributed by atoms with van der Waals surface area (Å²) >= 11 is 0. The van der Waals surface area contributed by atoms with Gasteiger partial charge in [0.25, 0.3) is 0 Å². The minimum Gasteiger partial charge on any atom is -0.493 e. The SMILES string of the molecule is CCOC(=O)C1(Cc2ccccc2)CCC2(CCCc3cc(OC)c(OC)cc32)NC1=O. The lowest BCUT2D eigenvalue weighted by Gasteiger charge is -2.48. The smallest absolute Gasteiger partial charge is 0.321 e. The van der Waals surface area contributed by atoms with E-state index < -0.39 is 16.9 Å². The summed E-state index contributed by atoms with van der Waals surface area (Å²) in [6, 6.07) is 13.7. The highest BCUT2D eigenvalue weighted by atomic mass is 16.5. The number of carbonyl (C=O) groups excluding carboxylic acids is 2. The maximum atomic E-state index is 13.7. The van der Waals surface area contributed by atoms with Crippen LogP contribution in [-0.2, 0) is 32.7 Å². The van der Waals surface area contributed by atoms with Gasteiger partial charge in [0.2, 0.25) is 5.91 Å². The second kappa shape index (κ2) is 8.85. The maximum Gasteiger partial charge on any atom is 0.321 e. The molecule has 1 fully saturated rings. The van der Waals surface area contributed by atoms with Gasteiger partial charge in [-0.15, -0.1) is 0 Å². The number of hydrogen-bond acceptors (Lipinski definition) is 5. The summed E-state index contributed by atoms with van der Waals surface area (Å²) in [5, 5.41) is 3.29. The first kappa shape index (κ1) is 22.2. The number of aryl methyl sites for hydroxylation is 1. The summed E-state index contributed by atoms with van der Waals surface area (Å²) in [4.78, 5) is 26.8. The number of carbonyl (C=O) groups is 2. The van der Waals surface area contributed by atoms with Gasteiger partial charge in [-0.2, -0.15) is 0 Å². The van der Waals surface area contributed by atoms with Crippen molar-refractivity contribution in [3.05, 3.63) is 59.2 Å². The van der Waals surface area contributed by atoms with Gasteiger partial charge in [0.05, 0.1) is 26.4 Å². The first-order valence-corrected chi connectivity index (χ1v) is 11.3. The van der Waals surface area contributed by atoms with Crippen molar-refractivity contribution in [3.8, 4) is 11.5 Å². The standard InChI is InChI=1S/C26H31NO5/c1-4-32-24(29)25(17-18-9-6-5-7-10-18)13-14-26(27-23(25)28)12-8-11-19-15-21(30-2)22(31-3)16-20(19)26/h5-7,9-10,15-16H,4,8,11-14,17H2,1-3H3,(H,27,28). The Morgan fingerprint density at radius 3 is 2.41 bits per heavy atom. The molecule has 2 atom stereocenters. The van der Waals surface area contributed by atoms with Crippen molar-refractivity contribution in [1.29, 1.82) is 0 Å². The number of ether oxygens (including phenoxy) is 3. The van der Waals surface area contributed by atoms with Crippen LogP contribution in [0.25, 0.3) is 0 Å². The highest BCUT2D eigenvalue weighted by Crippen LogP contribution is 2.49. The molecule has 0 aromatic heterocycles. The molecule has 2 aromatic rings. The number of rotatable bonds is 6. The van der Waals surface area contributed by atoms with Crippen LogP contribution in [-0.4, -0.2) is 32.7 Å². The van der Waals surface area contributed by atoms with Gasteiger partial charge >= 0.3 is 5.97 Å². The monoisotopic (exact) mass is 437 g/mol. The van der Waals surface area contributed by atoms with E-state index in [-0.39, 0.29) is 12.5 Å². The first-order chi connectivity index (χ1) is 15.5. The molecule has 0 bridgehead atoms. The van der Waals surface area contributed by atoms with Crippen molar-refractivity contribution in [2.75, 3.05) is 20.8 Å². The Hall–Kier alpha value is -3.02. The van der Waals surface area contributed by atoms with Gasteiger partial charge in [0.1, 0.15) is 0 Å². The molecule has 1 aliphatic carbocycles. The van der Waals surface area contributed by atoms with E-state index in [4.69, 9.17) is 14.2 Å². The fourth-order valence-electron chi connectivity index (χ4n) is 5.27. The Kier molecular flexibility index (Phi) is 6.13. The minimum absolute atomic E-state index is 0.244. The van der Waals surface area contributed by atoms with Crippen molar-refractivity contribution in [1.82, 2.24) is 5.32 Å². The van der Waals surface area contributed by atoms with Crippen LogP contribution < -0.4 is 14.8 Å². The van der Waals surface area contributed by atoms with Crippen LogP contribution in [0, 0.1) is 5.41 Å². The summed E-state index contributed by atoms with van der Waals surface area (Å²) in [5.74, 6) is 0.636. The lowest BCUT2D eigenvalue weighted by molar-refractivity contribution is -0.165. The van der Waals surface area contributed by atoms with Crippen molar-refractivity contribution in [2.24, 2.45) is 5.41 Å². The van der Waals surface area contributed by atoms with Crippen LogP contribution >= 0.6 is 0 Å². The van der Waals surface area contributed by atoms with Gasteiger partial charge in [0.15, 0.2) is 16.9 Å². The topological polar surface area (TPSA) is 73.9 Å². The maximum absolute atomic E-state index is 13.7. The van der Waals surface area contributed by atoms with E-state index in [1.165, 1.54) is 0 Å². The first-order valence-electron chi connectivity index (χ1n) is 11.3. The van der Waals surface area contributed by atoms with Crippen LogP contribution in [0.1, 0.15) is 49.3 Å². The molecule has 1 amide bonds. The Morgan fingerprint density at radius 1 is 1.03 bits per heavy atom. The van der Waals surface area contributed by atoms with Crippen LogP contribution in [0.15, 0.2) is 42.5 Å². The summed E-state index contributed by atoms with van der Waals surface area (Å²) in [7, 11) is 3.24. The van der Waals surface area contributed by atoms with Gasteiger partial charge in [-0.3, -0.25) is 9.59 Å². The molecular formula is C26H31NO5. The number of nitrogens with one attached hydrogen (secondary N) is 1. The number of benzene rings is 2. The molecule has 32 heavy (non-hydrogen) atoms. The molecule has 1 N–H and O–H groups in total. The van der Waals surface area contributed by atoms with Crippen molar-refractivity contribution in [2.45, 2.75) is 51.0 Å². The van der Waals surface area contributed by atoms with Crippen molar-refractivity contribution >= 4 is 11.9 Å². The highest BCUT2D eigenvalue weighted by molar-refractivity contribution is 6.04. The molecule has 6 heteroatoms. The molecule has 1 aliphatic heterocycles. The molecule has 2 unspecified atom stereocenters. The molecule has 4 rings (SSSR count). The van der Waals surface area contributed by atoms with Crippen LogP contribution in [0.5, 0.6) is 11.5 Å². The molecule has 1 saturated heterocycles. The average molecular weight is 438 g/mol. The molecule has 0 saturated carbocycles. The number of piperidine rings is 1. The van der Waals surface area contributed by atoms with E-state index in [1.54, 1.807) is 21.1 Å².